The number of nitrogens with zero attached hydrogens (tertiary/aromatic N) is 2. The van der Waals surface area contributed by atoms with Crippen LogP contribution in [0.5, 0.6) is 0 Å². The highest BCUT2D eigenvalue weighted by Gasteiger charge is 2.21. The first-order valence-electron chi connectivity index (χ1n) is 8.62. The first kappa shape index (κ1) is 18.2. The molecule has 1 aromatic heterocycles. The van der Waals surface area contributed by atoms with Gasteiger partial charge in [-0.3, -0.25) is 5.10 Å². The highest BCUT2D eigenvalue weighted by molar-refractivity contribution is 7.91. The lowest BCUT2D eigenvalue weighted by Gasteiger charge is -2.34. The molecule has 8 nitrogen and oxygen atoms in total. The molecule has 2 heterocycles. The smallest absolute Gasteiger partial charge is 0.319 e. The number of urea groups is 1. The Bertz CT molecular complexity index is 826. The molecular formula is C17H23N5O3S. The minimum Gasteiger partial charge on any atom is -0.371 e. The zero-order valence-electron chi connectivity index (χ0n) is 14.6. The molecule has 9 heteroatoms. The summed E-state index contributed by atoms with van der Waals surface area (Å²) < 4.78 is 23.8. The maximum Gasteiger partial charge on any atom is 0.319 e. The van der Waals surface area contributed by atoms with Gasteiger partial charge in [-0.05, 0) is 37.1 Å². The summed E-state index contributed by atoms with van der Waals surface area (Å²) in [6, 6.07) is 6.90. The molecule has 0 atom stereocenters. The van der Waals surface area contributed by atoms with Crippen molar-refractivity contribution in [2.24, 2.45) is 0 Å². The van der Waals surface area contributed by atoms with Gasteiger partial charge in [0.1, 0.15) is 0 Å². The lowest BCUT2D eigenvalue weighted by Crippen LogP contribution is -2.46. The van der Waals surface area contributed by atoms with Crippen molar-refractivity contribution < 1.29 is 13.2 Å². The van der Waals surface area contributed by atoms with Crippen molar-refractivity contribution in [2.45, 2.75) is 30.7 Å². The molecule has 2 aromatic rings. The van der Waals surface area contributed by atoms with E-state index in [-0.39, 0.29) is 17.8 Å². The van der Waals surface area contributed by atoms with Gasteiger partial charge in [0.25, 0.3) is 0 Å². The lowest BCUT2D eigenvalue weighted by atomic mass is 10.0. The van der Waals surface area contributed by atoms with Crippen LogP contribution >= 0.6 is 0 Å². The second-order valence-corrected chi connectivity index (χ2v) is 8.52. The van der Waals surface area contributed by atoms with Crippen molar-refractivity contribution in [1.82, 2.24) is 15.5 Å². The van der Waals surface area contributed by atoms with E-state index < -0.39 is 9.84 Å². The summed E-state index contributed by atoms with van der Waals surface area (Å²) in [4.78, 5) is 14.5. The van der Waals surface area contributed by atoms with E-state index in [1.54, 1.807) is 31.5 Å². The van der Waals surface area contributed by atoms with E-state index in [0.717, 1.165) is 31.6 Å². The molecule has 3 rings (SSSR count). The molecule has 0 bridgehead atoms. The van der Waals surface area contributed by atoms with Crippen molar-refractivity contribution >= 4 is 27.2 Å². The molecule has 1 aliphatic rings. The van der Waals surface area contributed by atoms with Gasteiger partial charge in [-0.1, -0.05) is 6.92 Å². The number of H-pyrrole nitrogens is 1. The van der Waals surface area contributed by atoms with Crippen molar-refractivity contribution in [1.29, 1.82) is 0 Å². The van der Waals surface area contributed by atoms with Gasteiger partial charge >= 0.3 is 6.03 Å². The van der Waals surface area contributed by atoms with Crippen molar-refractivity contribution in [2.75, 3.05) is 29.1 Å². The van der Waals surface area contributed by atoms with Crippen LogP contribution in [0.3, 0.4) is 0 Å². The second-order valence-electron chi connectivity index (χ2n) is 6.24. The molecule has 0 radical (unpaired) electrons. The van der Waals surface area contributed by atoms with Crippen molar-refractivity contribution in [3.8, 4) is 0 Å². The number of rotatable bonds is 5. The summed E-state index contributed by atoms with van der Waals surface area (Å²) >= 11 is 0. The molecule has 0 spiro atoms. The number of benzene rings is 1. The number of carbonyl (C=O) groups is 1. The van der Waals surface area contributed by atoms with E-state index in [0.29, 0.717) is 10.6 Å². The third-order valence-corrected chi connectivity index (χ3v) is 6.28. The molecule has 3 N–H and O–H groups in total. The summed E-state index contributed by atoms with van der Waals surface area (Å²) in [6.07, 6.45) is 4.82. The Labute approximate surface area is 152 Å². The molecule has 26 heavy (non-hydrogen) atoms. The lowest BCUT2D eigenvalue weighted by molar-refractivity contribution is 0.246. The Balaban J connectivity index is 1.51. The van der Waals surface area contributed by atoms with Crippen LogP contribution in [0.1, 0.15) is 19.8 Å². The molecule has 0 unspecified atom stereocenters. The van der Waals surface area contributed by atoms with E-state index in [9.17, 15) is 13.2 Å². The van der Waals surface area contributed by atoms with Gasteiger partial charge in [0.05, 0.1) is 22.5 Å². The molecule has 0 aliphatic carbocycles. The highest BCUT2D eigenvalue weighted by Crippen LogP contribution is 2.22. The summed E-state index contributed by atoms with van der Waals surface area (Å²) in [7, 11) is -3.17. The summed E-state index contributed by atoms with van der Waals surface area (Å²) in [5.74, 6) is 0.101. The van der Waals surface area contributed by atoms with Gasteiger partial charge in [0.15, 0.2) is 9.84 Å². The number of amides is 2. The number of hydrogen-bond acceptors (Lipinski definition) is 5. The normalized spacial score (nSPS) is 15.7. The Morgan fingerprint density at radius 1 is 1.27 bits per heavy atom. The number of aromatic amines is 1. The highest BCUT2D eigenvalue weighted by atomic mass is 32.2. The molecule has 1 fully saturated rings. The molecule has 1 aromatic carbocycles. The third-order valence-electron chi connectivity index (χ3n) is 4.53. The minimum atomic E-state index is -3.17. The van der Waals surface area contributed by atoms with Gasteiger partial charge in [-0.15, -0.1) is 0 Å². The number of sulfone groups is 1. The van der Waals surface area contributed by atoms with Crippen LogP contribution in [-0.4, -0.2) is 49.5 Å². The fraction of sp³-hybridized carbons (Fsp3) is 0.412. The number of nitrogens with one attached hydrogen (secondary N) is 3. The predicted octanol–water partition coefficient (Wildman–Crippen LogP) is 1.99. The zero-order valence-corrected chi connectivity index (χ0v) is 15.4. The minimum absolute atomic E-state index is 0.101. The Kier molecular flexibility index (Phi) is 5.46. The van der Waals surface area contributed by atoms with Crippen LogP contribution in [0.2, 0.25) is 0 Å². The topological polar surface area (TPSA) is 107 Å². The van der Waals surface area contributed by atoms with Gasteiger partial charge in [0, 0.05) is 31.0 Å². The van der Waals surface area contributed by atoms with Gasteiger partial charge in [-0.25, -0.2) is 13.2 Å². The van der Waals surface area contributed by atoms with E-state index in [4.69, 9.17) is 0 Å². The summed E-state index contributed by atoms with van der Waals surface area (Å²) in [5.41, 5.74) is 1.63. The predicted molar refractivity (Wildman–Crippen MR) is 100 cm³/mol. The van der Waals surface area contributed by atoms with Crippen LogP contribution in [0.15, 0.2) is 41.6 Å². The Morgan fingerprint density at radius 3 is 2.54 bits per heavy atom. The number of aromatic nitrogens is 2. The largest absolute Gasteiger partial charge is 0.371 e. The standard InChI is InChI=1S/C17H23N5O3S/c1-2-26(24,25)16-5-3-15(4-6-16)22-9-7-13(8-10-22)20-17(23)21-14-11-18-19-12-14/h3-6,11-13H,2,7-10H2,1H3,(H,18,19)(H2,20,21,23). The molecule has 0 saturated carbocycles. The van der Waals surface area contributed by atoms with Crippen molar-refractivity contribution in [3.63, 3.8) is 0 Å². The number of anilines is 2. The molecule has 2 amide bonds. The van der Waals surface area contributed by atoms with E-state index >= 15 is 0 Å². The maximum absolute atomic E-state index is 12.0. The fourth-order valence-corrected chi connectivity index (χ4v) is 3.87. The number of hydrogen-bond donors (Lipinski definition) is 3. The zero-order chi connectivity index (χ0) is 18.6. The average Bonchev–Trinajstić information content (AvgIpc) is 3.15. The average molecular weight is 377 g/mol. The second kappa shape index (κ2) is 7.77. The van der Waals surface area contributed by atoms with Gasteiger partial charge < -0.3 is 15.5 Å². The number of piperidine rings is 1. The summed E-state index contributed by atoms with van der Waals surface area (Å²) in [5, 5.41) is 12.1. The van der Waals surface area contributed by atoms with E-state index in [1.807, 2.05) is 12.1 Å². The van der Waals surface area contributed by atoms with Crippen LogP contribution in [0.4, 0.5) is 16.2 Å². The first-order valence-corrected chi connectivity index (χ1v) is 10.3. The SMILES string of the molecule is CCS(=O)(=O)c1ccc(N2CCC(NC(=O)Nc3cn[nH]c3)CC2)cc1. The van der Waals surface area contributed by atoms with Gasteiger partial charge in [-0.2, -0.15) is 5.10 Å². The summed E-state index contributed by atoms with van der Waals surface area (Å²) in [6.45, 7) is 3.25. The third kappa shape index (κ3) is 4.34. The Hall–Kier alpha value is -2.55. The van der Waals surface area contributed by atoms with E-state index in [2.05, 4.69) is 25.7 Å². The van der Waals surface area contributed by atoms with Crippen LogP contribution in [-0.2, 0) is 9.84 Å². The monoisotopic (exact) mass is 377 g/mol. The number of carbonyl (C=O) groups excluding carboxylic acids is 1. The van der Waals surface area contributed by atoms with Crippen LogP contribution in [0, 0.1) is 0 Å². The maximum atomic E-state index is 12.0. The van der Waals surface area contributed by atoms with Crippen LogP contribution in [0.25, 0.3) is 0 Å². The molecule has 1 aliphatic heterocycles. The van der Waals surface area contributed by atoms with E-state index in [1.165, 1.54) is 0 Å². The Morgan fingerprint density at radius 2 is 1.96 bits per heavy atom. The molecular weight excluding hydrogens is 354 g/mol. The van der Waals surface area contributed by atoms with Crippen LogP contribution < -0.4 is 15.5 Å². The van der Waals surface area contributed by atoms with Crippen molar-refractivity contribution in [3.05, 3.63) is 36.7 Å². The van der Waals surface area contributed by atoms with Gasteiger partial charge in [0.2, 0.25) is 0 Å². The molecule has 1 saturated heterocycles. The quantitative estimate of drug-likeness (QED) is 0.739. The molecule has 140 valence electrons. The fourth-order valence-electron chi connectivity index (χ4n) is 2.98. The first-order chi connectivity index (χ1) is 12.5.